The Morgan fingerprint density at radius 3 is 2.48 bits per heavy atom. The molecule has 108 valence electrons. The van der Waals surface area contributed by atoms with Gasteiger partial charge < -0.3 is 19.3 Å². The highest BCUT2D eigenvalue weighted by atomic mass is 16.5. The fraction of sp³-hybridized carbons (Fsp3) is 0.250. The van der Waals surface area contributed by atoms with Crippen molar-refractivity contribution in [3.63, 3.8) is 0 Å². The lowest BCUT2D eigenvalue weighted by Crippen LogP contribution is -2.27. The summed E-state index contributed by atoms with van der Waals surface area (Å²) in [4.78, 5) is 2.05. The van der Waals surface area contributed by atoms with Crippen molar-refractivity contribution >= 4 is 18.3 Å². The van der Waals surface area contributed by atoms with Crippen LogP contribution in [0.4, 0.5) is 5.69 Å². The van der Waals surface area contributed by atoms with Crippen LogP contribution in [0.5, 0.6) is 5.75 Å². The van der Waals surface area contributed by atoms with Crippen molar-refractivity contribution in [1.29, 1.82) is 0 Å². The highest BCUT2D eigenvalue weighted by Crippen LogP contribution is 2.33. The van der Waals surface area contributed by atoms with Crippen LogP contribution in [0, 0.1) is 0 Å². The predicted octanol–water partition coefficient (Wildman–Crippen LogP) is 1.57. The van der Waals surface area contributed by atoms with Crippen molar-refractivity contribution in [2.24, 2.45) is 0 Å². The van der Waals surface area contributed by atoms with Crippen LogP contribution in [0.15, 0.2) is 42.5 Å². The summed E-state index contributed by atoms with van der Waals surface area (Å²) in [7, 11) is 4.76. The molecule has 2 aromatic carbocycles. The molecule has 1 heterocycles. The second kappa shape index (κ2) is 5.43. The Kier molecular flexibility index (Phi) is 3.61. The van der Waals surface area contributed by atoms with Crippen LogP contribution in [-0.4, -0.2) is 33.3 Å². The molecule has 1 aliphatic rings. The Morgan fingerprint density at radius 2 is 1.86 bits per heavy atom. The molecule has 1 aliphatic heterocycles. The average Bonchev–Trinajstić information content (AvgIpc) is 2.84. The smallest absolute Gasteiger partial charge is 0.492 e. The molecule has 21 heavy (non-hydrogen) atoms. The number of hydrogen-bond acceptors (Lipinski definition) is 4. The van der Waals surface area contributed by atoms with Crippen molar-refractivity contribution in [2.75, 3.05) is 26.1 Å². The van der Waals surface area contributed by atoms with Crippen LogP contribution < -0.4 is 15.1 Å². The molecule has 0 bridgehead atoms. The van der Waals surface area contributed by atoms with Gasteiger partial charge in [-0.25, -0.2) is 0 Å². The fourth-order valence-corrected chi connectivity index (χ4v) is 2.61. The Balaban J connectivity index is 1.98. The molecule has 0 radical (unpaired) electrons. The third-order valence-corrected chi connectivity index (χ3v) is 3.82. The molecule has 0 aliphatic carbocycles. The minimum Gasteiger partial charge on any atom is -0.497 e. The summed E-state index contributed by atoms with van der Waals surface area (Å²) in [5, 5.41) is 10.0. The van der Waals surface area contributed by atoms with Gasteiger partial charge in [-0.2, -0.15) is 0 Å². The van der Waals surface area contributed by atoms with Gasteiger partial charge in [0.2, 0.25) is 0 Å². The molecule has 0 saturated heterocycles. The summed E-state index contributed by atoms with van der Waals surface area (Å²) in [6, 6.07) is 13.8. The van der Waals surface area contributed by atoms with E-state index in [0.717, 1.165) is 28.0 Å². The molecule has 1 N–H and O–H groups in total. The Labute approximate surface area is 125 Å². The highest BCUT2D eigenvalue weighted by molar-refractivity contribution is 6.61. The van der Waals surface area contributed by atoms with Gasteiger partial charge in [0.05, 0.1) is 13.2 Å². The molecular formula is C16H18BNO3. The summed E-state index contributed by atoms with van der Waals surface area (Å²) >= 11 is 0. The number of benzene rings is 2. The quantitative estimate of drug-likeness (QED) is 0.868. The van der Waals surface area contributed by atoms with E-state index in [1.165, 1.54) is 0 Å². The van der Waals surface area contributed by atoms with Gasteiger partial charge in [0, 0.05) is 19.8 Å². The zero-order chi connectivity index (χ0) is 15.0. The Morgan fingerprint density at radius 1 is 1.14 bits per heavy atom. The van der Waals surface area contributed by atoms with Crippen LogP contribution in [0.1, 0.15) is 17.2 Å². The lowest BCUT2D eigenvalue weighted by Gasteiger charge is -2.16. The molecule has 1 atom stereocenters. The summed E-state index contributed by atoms with van der Waals surface area (Å²) in [5.74, 6) is 0.765. The molecule has 0 fully saturated rings. The van der Waals surface area contributed by atoms with E-state index < -0.39 is 7.12 Å². The largest absolute Gasteiger partial charge is 0.497 e. The number of nitrogens with zero attached hydrogens (tertiary/aromatic N) is 1. The molecular weight excluding hydrogens is 265 g/mol. The lowest BCUT2D eigenvalue weighted by molar-refractivity contribution is 0.226. The van der Waals surface area contributed by atoms with Crippen LogP contribution in [0.25, 0.3) is 0 Å². The second-order valence-corrected chi connectivity index (χ2v) is 5.35. The van der Waals surface area contributed by atoms with Gasteiger partial charge in [0.25, 0.3) is 0 Å². The first kappa shape index (κ1) is 14.0. The maximum atomic E-state index is 10.0. The topological polar surface area (TPSA) is 41.9 Å². The van der Waals surface area contributed by atoms with Crippen LogP contribution in [-0.2, 0) is 4.65 Å². The highest BCUT2D eigenvalue weighted by Gasteiger charge is 2.36. The Hall–Kier alpha value is -1.98. The second-order valence-electron chi connectivity index (χ2n) is 5.35. The molecule has 5 heteroatoms. The molecule has 0 spiro atoms. The van der Waals surface area contributed by atoms with Gasteiger partial charge in [0.1, 0.15) is 5.75 Å². The minimum absolute atomic E-state index is 0.263. The minimum atomic E-state index is -0.885. The molecule has 3 rings (SSSR count). The van der Waals surface area contributed by atoms with Crippen molar-refractivity contribution in [3.05, 3.63) is 53.6 Å². The monoisotopic (exact) mass is 283 g/mol. The molecule has 1 unspecified atom stereocenters. The molecule has 0 amide bonds. The SMILES string of the molecule is COc1ccc2c(c1)C(c1ccc(N(C)C)cc1)OB2O. The van der Waals surface area contributed by atoms with Gasteiger partial charge in [0.15, 0.2) is 0 Å². The van der Waals surface area contributed by atoms with Crippen molar-refractivity contribution in [3.8, 4) is 5.75 Å². The zero-order valence-corrected chi connectivity index (χ0v) is 12.4. The number of hydrogen-bond donors (Lipinski definition) is 1. The fourth-order valence-electron chi connectivity index (χ4n) is 2.61. The number of methoxy groups -OCH3 is 1. The van der Waals surface area contributed by atoms with E-state index in [2.05, 4.69) is 0 Å². The van der Waals surface area contributed by atoms with Gasteiger partial charge in [-0.05, 0) is 40.9 Å². The number of ether oxygens (including phenoxy) is 1. The molecule has 4 nitrogen and oxygen atoms in total. The first-order valence-corrected chi connectivity index (χ1v) is 6.89. The normalized spacial score (nSPS) is 16.8. The Bertz CT molecular complexity index is 642. The third kappa shape index (κ3) is 2.50. The van der Waals surface area contributed by atoms with E-state index in [4.69, 9.17) is 9.39 Å². The van der Waals surface area contributed by atoms with Crippen LogP contribution in [0.2, 0.25) is 0 Å². The summed E-state index contributed by atoms with van der Waals surface area (Å²) in [6.45, 7) is 0. The average molecular weight is 283 g/mol. The maximum Gasteiger partial charge on any atom is 0.492 e. The van der Waals surface area contributed by atoms with Gasteiger partial charge in [-0.3, -0.25) is 0 Å². The van der Waals surface area contributed by atoms with E-state index in [0.29, 0.717) is 0 Å². The van der Waals surface area contributed by atoms with Gasteiger partial charge in [-0.15, -0.1) is 0 Å². The summed E-state index contributed by atoms with van der Waals surface area (Å²) in [5.41, 5.74) is 3.91. The van der Waals surface area contributed by atoms with E-state index in [1.54, 1.807) is 7.11 Å². The summed E-state index contributed by atoms with van der Waals surface area (Å²) < 4.78 is 11.0. The van der Waals surface area contributed by atoms with E-state index in [1.807, 2.05) is 61.5 Å². The number of anilines is 1. The zero-order valence-electron chi connectivity index (χ0n) is 12.4. The van der Waals surface area contributed by atoms with Crippen molar-refractivity contribution in [1.82, 2.24) is 0 Å². The van der Waals surface area contributed by atoms with E-state index in [9.17, 15) is 5.02 Å². The molecule has 2 aromatic rings. The van der Waals surface area contributed by atoms with Crippen molar-refractivity contribution in [2.45, 2.75) is 6.10 Å². The number of fused-ring (bicyclic) bond motifs is 1. The van der Waals surface area contributed by atoms with E-state index >= 15 is 0 Å². The third-order valence-electron chi connectivity index (χ3n) is 3.82. The van der Waals surface area contributed by atoms with Crippen LogP contribution >= 0.6 is 0 Å². The number of rotatable bonds is 3. The summed E-state index contributed by atoms with van der Waals surface area (Å²) in [6.07, 6.45) is -0.263. The maximum absolute atomic E-state index is 10.0. The van der Waals surface area contributed by atoms with Gasteiger partial charge >= 0.3 is 7.12 Å². The van der Waals surface area contributed by atoms with Gasteiger partial charge in [-0.1, -0.05) is 18.2 Å². The lowest BCUT2D eigenvalue weighted by atomic mass is 9.79. The van der Waals surface area contributed by atoms with Crippen LogP contribution in [0.3, 0.4) is 0 Å². The first-order valence-electron chi connectivity index (χ1n) is 6.89. The van der Waals surface area contributed by atoms with E-state index in [-0.39, 0.29) is 6.10 Å². The molecule has 0 saturated carbocycles. The van der Waals surface area contributed by atoms with Crippen molar-refractivity contribution < 1.29 is 14.4 Å². The standard InChI is InChI=1S/C16H18BNO3/c1-18(2)12-6-4-11(5-7-12)16-14-10-13(20-3)8-9-15(14)17(19)21-16/h4-10,16,19H,1-3H3. The molecule has 0 aromatic heterocycles. The predicted molar refractivity (Wildman–Crippen MR) is 84.3 cm³/mol. The first-order chi connectivity index (χ1) is 10.1.